The summed E-state index contributed by atoms with van der Waals surface area (Å²) in [7, 11) is 0. The molecule has 0 saturated heterocycles. The van der Waals surface area contributed by atoms with Crippen molar-refractivity contribution < 1.29 is 4.74 Å². The summed E-state index contributed by atoms with van der Waals surface area (Å²) < 4.78 is 5.37. The molecule has 2 rings (SSSR count). The SMILES string of the molecule is CCc1cc2c(cc1C)COC2. The minimum atomic E-state index is 0.806. The number of fused-ring (bicyclic) bond motifs is 1. The Bertz CT molecular complexity index is 301. The topological polar surface area (TPSA) is 9.23 Å². The second kappa shape index (κ2) is 2.91. The van der Waals surface area contributed by atoms with Gasteiger partial charge in [0.05, 0.1) is 13.2 Å². The van der Waals surface area contributed by atoms with E-state index in [1.54, 1.807) is 0 Å². The Morgan fingerprint density at radius 3 is 2.58 bits per heavy atom. The number of hydrogen-bond acceptors (Lipinski definition) is 1. The van der Waals surface area contributed by atoms with Crippen LogP contribution in [0.1, 0.15) is 29.2 Å². The van der Waals surface area contributed by atoms with E-state index in [2.05, 4.69) is 26.0 Å². The number of rotatable bonds is 1. The van der Waals surface area contributed by atoms with Crippen molar-refractivity contribution in [1.82, 2.24) is 0 Å². The lowest BCUT2D eigenvalue weighted by atomic mass is 9.99. The third kappa shape index (κ3) is 1.14. The molecular formula is C11H14O. The smallest absolute Gasteiger partial charge is 0.0725 e. The number of aryl methyl sites for hydroxylation is 2. The first-order chi connectivity index (χ1) is 5.81. The second-order valence-electron chi connectivity index (χ2n) is 3.39. The quantitative estimate of drug-likeness (QED) is 0.616. The molecule has 0 saturated carbocycles. The minimum absolute atomic E-state index is 0.806. The van der Waals surface area contributed by atoms with E-state index in [4.69, 9.17) is 4.74 Å². The molecule has 0 bridgehead atoms. The zero-order valence-corrected chi connectivity index (χ0v) is 7.68. The van der Waals surface area contributed by atoms with Gasteiger partial charge in [0, 0.05) is 0 Å². The van der Waals surface area contributed by atoms with E-state index in [0.29, 0.717) is 0 Å². The highest BCUT2D eigenvalue weighted by Crippen LogP contribution is 2.23. The van der Waals surface area contributed by atoms with Crippen molar-refractivity contribution in [3.8, 4) is 0 Å². The fourth-order valence-corrected chi connectivity index (χ4v) is 1.78. The lowest BCUT2D eigenvalue weighted by Gasteiger charge is -2.05. The molecule has 0 fully saturated rings. The summed E-state index contributed by atoms with van der Waals surface area (Å²) in [6, 6.07) is 4.55. The average Bonchev–Trinajstić information content (AvgIpc) is 2.49. The summed E-state index contributed by atoms with van der Waals surface area (Å²) in [5.41, 5.74) is 5.63. The molecule has 0 unspecified atom stereocenters. The summed E-state index contributed by atoms with van der Waals surface area (Å²) in [4.78, 5) is 0. The largest absolute Gasteiger partial charge is 0.372 e. The summed E-state index contributed by atoms with van der Waals surface area (Å²) in [6.45, 7) is 5.99. The standard InChI is InChI=1S/C11H14O/c1-3-9-5-11-7-12-6-10(11)4-8(9)2/h4-5H,3,6-7H2,1-2H3. The predicted octanol–water partition coefficient (Wildman–Crippen LogP) is 2.59. The zero-order valence-electron chi connectivity index (χ0n) is 7.68. The molecule has 0 atom stereocenters. The summed E-state index contributed by atoms with van der Waals surface area (Å²) in [5, 5.41) is 0. The highest BCUT2D eigenvalue weighted by Gasteiger charge is 2.12. The number of benzene rings is 1. The van der Waals surface area contributed by atoms with Gasteiger partial charge in [-0.25, -0.2) is 0 Å². The van der Waals surface area contributed by atoms with Gasteiger partial charge in [-0.3, -0.25) is 0 Å². The van der Waals surface area contributed by atoms with Crippen molar-refractivity contribution in [1.29, 1.82) is 0 Å². The molecular weight excluding hydrogens is 148 g/mol. The summed E-state index contributed by atoms with van der Waals surface area (Å²) in [6.07, 6.45) is 1.12. The van der Waals surface area contributed by atoms with Crippen LogP contribution < -0.4 is 0 Å². The highest BCUT2D eigenvalue weighted by molar-refractivity contribution is 5.38. The monoisotopic (exact) mass is 162 g/mol. The Kier molecular flexibility index (Phi) is 1.89. The first-order valence-corrected chi connectivity index (χ1v) is 4.50. The molecule has 1 aromatic carbocycles. The van der Waals surface area contributed by atoms with Crippen molar-refractivity contribution in [3.05, 3.63) is 34.4 Å². The molecule has 64 valence electrons. The van der Waals surface area contributed by atoms with E-state index in [-0.39, 0.29) is 0 Å². The fraction of sp³-hybridized carbons (Fsp3) is 0.455. The zero-order chi connectivity index (χ0) is 8.55. The Labute approximate surface area is 73.4 Å². The Balaban J connectivity index is 2.49. The Hall–Kier alpha value is -0.820. The maximum absolute atomic E-state index is 5.37. The van der Waals surface area contributed by atoms with Crippen LogP contribution in [0.5, 0.6) is 0 Å². The van der Waals surface area contributed by atoms with Crippen LogP contribution in [0.15, 0.2) is 12.1 Å². The number of hydrogen-bond donors (Lipinski definition) is 0. The van der Waals surface area contributed by atoms with Crippen LogP contribution in [0.4, 0.5) is 0 Å². The highest BCUT2D eigenvalue weighted by atomic mass is 16.5. The normalized spacial score (nSPS) is 14.8. The van der Waals surface area contributed by atoms with E-state index in [1.807, 2.05) is 0 Å². The second-order valence-corrected chi connectivity index (χ2v) is 3.39. The van der Waals surface area contributed by atoms with Crippen molar-refractivity contribution in [2.45, 2.75) is 33.5 Å². The van der Waals surface area contributed by atoms with Gasteiger partial charge >= 0.3 is 0 Å². The summed E-state index contributed by atoms with van der Waals surface area (Å²) >= 11 is 0. The van der Waals surface area contributed by atoms with E-state index >= 15 is 0 Å². The Morgan fingerprint density at radius 1 is 1.25 bits per heavy atom. The molecule has 12 heavy (non-hydrogen) atoms. The van der Waals surface area contributed by atoms with Crippen LogP contribution in [0.2, 0.25) is 0 Å². The van der Waals surface area contributed by atoms with Crippen molar-refractivity contribution in [2.75, 3.05) is 0 Å². The molecule has 1 aliphatic rings. The Morgan fingerprint density at radius 2 is 1.92 bits per heavy atom. The van der Waals surface area contributed by atoms with Gasteiger partial charge in [-0.05, 0) is 35.6 Å². The molecule has 0 aliphatic carbocycles. The van der Waals surface area contributed by atoms with E-state index in [0.717, 1.165) is 19.6 Å². The van der Waals surface area contributed by atoms with Crippen LogP contribution in [0.3, 0.4) is 0 Å². The van der Waals surface area contributed by atoms with Gasteiger partial charge < -0.3 is 4.74 Å². The van der Waals surface area contributed by atoms with Crippen LogP contribution in [-0.2, 0) is 24.4 Å². The first kappa shape index (κ1) is 7.81. The van der Waals surface area contributed by atoms with Gasteiger partial charge in [0.15, 0.2) is 0 Å². The van der Waals surface area contributed by atoms with Crippen molar-refractivity contribution in [2.24, 2.45) is 0 Å². The van der Waals surface area contributed by atoms with Gasteiger partial charge in [-0.2, -0.15) is 0 Å². The molecule has 1 aliphatic heterocycles. The molecule has 1 heteroatoms. The third-order valence-electron chi connectivity index (χ3n) is 2.55. The van der Waals surface area contributed by atoms with E-state index in [9.17, 15) is 0 Å². The molecule has 1 nitrogen and oxygen atoms in total. The molecule has 0 radical (unpaired) electrons. The number of ether oxygens (including phenoxy) is 1. The van der Waals surface area contributed by atoms with Crippen LogP contribution in [0, 0.1) is 6.92 Å². The molecule has 0 amide bonds. The molecule has 0 aromatic heterocycles. The van der Waals surface area contributed by atoms with Crippen molar-refractivity contribution >= 4 is 0 Å². The van der Waals surface area contributed by atoms with Gasteiger partial charge in [-0.15, -0.1) is 0 Å². The van der Waals surface area contributed by atoms with Gasteiger partial charge in [0.25, 0.3) is 0 Å². The van der Waals surface area contributed by atoms with Crippen LogP contribution in [-0.4, -0.2) is 0 Å². The van der Waals surface area contributed by atoms with Crippen molar-refractivity contribution in [3.63, 3.8) is 0 Å². The van der Waals surface area contributed by atoms with Crippen LogP contribution >= 0.6 is 0 Å². The lowest BCUT2D eigenvalue weighted by Crippen LogP contribution is -1.91. The molecule has 0 spiro atoms. The fourth-order valence-electron chi connectivity index (χ4n) is 1.78. The third-order valence-corrected chi connectivity index (χ3v) is 2.55. The van der Waals surface area contributed by atoms with Crippen LogP contribution in [0.25, 0.3) is 0 Å². The molecule has 0 N–H and O–H groups in total. The minimum Gasteiger partial charge on any atom is -0.372 e. The lowest BCUT2D eigenvalue weighted by molar-refractivity contribution is 0.134. The van der Waals surface area contributed by atoms with E-state index < -0.39 is 0 Å². The average molecular weight is 162 g/mol. The van der Waals surface area contributed by atoms with Gasteiger partial charge in [-0.1, -0.05) is 19.1 Å². The maximum Gasteiger partial charge on any atom is 0.0725 e. The van der Waals surface area contributed by atoms with Gasteiger partial charge in [0.2, 0.25) is 0 Å². The molecule has 1 heterocycles. The van der Waals surface area contributed by atoms with E-state index in [1.165, 1.54) is 22.3 Å². The van der Waals surface area contributed by atoms with Gasteiger partial charge in [0.1, 0.15) is 0 Å². The maximum atomic E-state index is 5.37. The molecule has 1 aromatic rings. The predicted molar refractivity (Wildman–Crippen MR) is 49.1 cm³/mol. The summed E-state index contributed by atoms with van der Waals surface area (Å²) in [5.74, 6) is 0. The first-order valence-electron chi connectivity index (χ1n) is 4.50.